The molecule has 1 aliphatic rings. The van der Waals surface area contributed by atoms with E-state index < -0.39 is 0 Å². The van der Waals surface area contributed by atoms with Crippen molar-refractivity contribution in [1.29, 1.82) is 5.26 Å². The number of carbonyl (C=O) groups is 1. The number of hydrogen-bond acceptors (Lipinski definition) is 5. The van der Waals surface area contributed by atoms with E-state index in [0.29, 0.717) is 24.6 Å². The van der Waals surface area contributed by atoms with Crippen molar-refractivity contribution in [3.63, 3.8) is 0 Å². The minimum Gasteiger partial charge on any atom is -0.492 e. The third-order valence-corrected chi connectivity index (χ3v) is 6.01. The Bertz CT molecular complexity index is 1340. The van der Waals surface area contributed by atoms with Gasteiger partial charge in [0.2, 0.25) is 5.91 Å². The number of allylic oxidation sites excluding steroid dienone is 2. The largest absolute Gasteiger partial charge is 0.492 e. The van der Waals surface area contributed by atoms with Crippen LogP contribution in [0.5, 0.6) is 5.75 Å². The fourth-order valence-corrected chi connectivity index (χ4v) is 4.39. The van der Waals surface area contributed by atoms with Crippen LogP contribution in [0.15, 0.2) is 79.4 Å². The number of fused-ring (bicyclic) bond motifs is 1. The van der Waals surface area contributed by atoms with Gasteiger partial charge in [0.05, 0.1) is 30.3 Å². The molecule has 0 spiro atoms. The highest BCUT2D eigenvalue weighted by Crippen LogP contribution is 2.42. The SMILES string of the molecule is C=C/C=C/c1cccc(-c2cccc(NC3c4cc(NC(C)=O)c(OCC)cc4NCC3C#N)c2)c1. The molecular weight excluding hydrogens is 448 g/mol. The minimum atomic E-state index is -0.309. The first-order chi connectivity index (χ1) is 17.5. The first-order valence-corrected chi connectivity index (χ1v) is 12.0. The second kappa shape index (κ2) is 11.3. The van der Waals surface area contributed by atoms with Gasteiger partial charge in [0.15, 0.2) is 0 Å². The molecule has 1 heterocycles. The summed E-state index contributed by atoms with van der Waals surface area (Å²) in [4.78, 5) is 11.8. The van der Waals surface area contributed by atoms with Crippen molar-refractivity contribution in [2.24, 2.45) is 5.92 Å². The summed E-state index contributed by atoms with van der Waals surface area (Å²) >= 11 is 0. The quantitative estimate of drug-likeness (QED) is 0.316. The molecule has 182 valence electrons. The van der Waals surface area contributed by atoms with Crippen molar-refractivity contribution in [3.05, 3.63) is 90.5 Å². The molecule has 3 N–H and O–H groups in total. The number of carbonyl (C=O) groups excluding carboxylic acids is 1. The van der Waals surface area contributed by atoms with Crippen LogP contribution in [0, 0.1) is 17.2 Å². The number of nitrogens with one attached hydrogen (secondary N) is 3. The predicted octanol–water partition coefficient (Wildman–Crippen LogP) is 6.63. The molecule has 0 saturated carbocycles. The van der Waals surface area contributed by atoms with Crippen LogP contribution in [0.1, 0.15) is 31.0 Å². The van der Waals surface area contributed by atoms with E-state index in [1.807, 2.05) is 49.4 Å². The zero-order valence-electron chi connectivity index (χ0n) is 20.5. The van der Waals surface area contributed by atoms with Gasteiger partial charge in [-0.2, -0.15) is 5.26 Å². The zero-order chi connectivity index (χ0) is 25.5. The van der Waals surface area contributed by atoms with Gasteiger partial charge in [0.25, 0.3) is 0 Å². The Balaban J connectivity index is 1.69. The van der Waals surface area contributed by atoms with E-state index in [1.54, 1.807) is 6.08 Å². The highest BCUT2D eigenvalue weighted by Gasteiger charge is 2.31. The molecule has 2 atom stereocenters. The van der Waals surface area contributed by atoms with Crippen molar-refractivity contribution in [2.75, 3.05) is 29.1 Å². The molecule has 0 saturated heterocycles. The van der Waals surface area contributed by atoms with Gasteiger partial charge < -0.3 is 20.7 Å². The van der Waals surface area contributed by atoms with Crippen LogP contribution < -0.4 is 20.7 Å². The minimum absolute atomic E-state index is 0.182. The number of benzene rings is 3. The average Bonchev–Trinajstić information content (AvgIpc) is 2.88. The fourth-order valence-electron chi connectivity index (χ4n) is 4.39. The Labute approximate surface area is 212 Å². The molecule has 3 aromatic rings. The van der Waals surface area contributed by atoms with E-state index in [1.165, 1.54) is 6.92 Å². The Morgan fingerprint density at radius 2 is 1.97 bits per heavy atom. The van der Waals surface area contributed by atoms with Gasteiger partial charge in [0, 0.05) is 36.5 Å². The lowest BCUT2D eigenvalue weighted by molar-refractivity contribution is -0.114. The Morgan fingerprint density at radius 3 is 2.69 bits per heavy atom. The summed E-state index contributed by atoms with van der Waals surface area (Å²) < 4.78 is 5.76. The highest BCUT2D eigenvalue weighted by atomic mass is 16.5. The van der Waals surface area contributed by atoms with E-state index in [9.17, 15) is 10.1 Å². The topological polar surface area (TPSA) is 86.2 Å². The van der Waals surface area contributed by atoms with Crippen LogP contribution in [-0.4, -0.2) is 19.1 Å². The first-order valence-electron chi connectivity index (χ1n) is 12.0. The lowest BCUT2D eigenvalue weighted by Crippen LogP contribution is -2.31. The molecule has 36 heavy (non-hydrogen) atoms. The van der Waals surface area contributed by atoms with Crippen LogP contribution in [0.25, 0.3) is 17.2 Å². The zero-order valence-corrected chi connectivity index (χ0v) is 20.5. The van der Waals surface area contributed by atoms with Crippen molar-refractivity contribution in [1.82, 2.24) is 0 Å². The molecule has 6 heteroatoms. The number of anilines is 3. The van der Waals surface area contributed by atoms with Crippen molar-refractivity contribution in [3.8, 4) is 22.9 Å². The molecule has 0 fully saturated rings. The molecule has 0 radical (unpaired) electrons. The molecular formula is C30H30N4O2. The fraction of sp³-hybridized carbons (Fsp3) is 0.200. The number of hydrogen-bond donors (Lipinski definition) is 3. The molecule has 2 unspecified atom stereocenters. The maximum absolute atomic E-state index is 11.8. The Kier molecular flexibility index (Phi) is 7.72. The van der Waals surface area contributed by atoms with E-state index in [0.717, 1.165) is 33.6 Å². The Hall–Kier alpha value is -4.50. The van der Waals surface area contributed by atoms with E-state index in [-0.39, 0.29) is 17.9 Å². The molecule has 4 rings (SSSR count). The second-order valence-corrected chi connectivity index (χ2v) is 8.59. The number of nitrogens with zero attached hydrogens (tertiary/aromatic N) is 1. The molecule has 1 amide bonds. The number of amides is 1. The van der Waals surface area contributed by atoms with Crippen LogP contribution in [-0.2, 0) is 4.79 Å². The second-order valence-electron chi connectivity index (χ2n) is 8.59. The smallest absolute Gasteiger partial charge is 0.221 e. The number of nitriles is 1. The molecule has 0 aliphatic carbocycles. The van der Waals surface area contributed by atoms with Crippen LogP contribution in [0.2, 0.25) is 0 Å². The summed E-state index contributed by atoms with van der Waals surface area (Å²) in [6, 6.07) is 22.4. The van der Waals surface area contributed by atoms with Crippen LogP contribution in [0.4, 0.5) is 17.1 Å². The van der Waals surface area contributed by atoms with Crippen molar-refractivity contribution in [2.45, 2.75) is 19.9 Å². The molecule has 0 bridgehead atoms. The van der Waals surface area contributed by atoms with Crippen molar-refractivity contribution < 1.29 is 9.53 Å². The van der Waals surface area contributed by atoms with E-state index >= 15 is 0 Å². The predicted molar refractivity (Wildman–Crippen MR) is 147 cm³/mol. The van der Waals surface area contributed by atoms with Gasteiger partial charge in [-0.3, -0.25) is 4.79 Å². The van der Waals surface area contributed by atoms with Crippen LogP contribution in [0.3, 0.4) is 0 Å². The van der Waals surface area contributed by atoms with E-state index in [2.05, 4.69) is 58.9 Å². The summed E-state index contributed by atoms with van der Waals surface area (Å²) in [6.45, 7) is 8.09. The Morgan fingerprint density at radius 1 is 1.19 bits per heavy atom. The summed E-state index contributed by atoms with van der Waals surface area (Å²) in [5, 5.41) is 19.7. The van der Waals surface area contributed by atoms with E-state index in [4.69, 9.17) is 4.74 Å². The maximum atomic E-state index is 11.8. The van der Waals surface area contributed by atoms with Crippen molar-refractivity contribution >= 4 is 29.0 Å². The third kappa shape index (κ3) is 5.59. The first kappa shape index (κ1) is 24.6. The standard InChI is InChI=1S/C30H30N4O2/c1-4-6-9-21-10-7-11-22(14-21)23-12-8-13-25(15-23)34-30-24(18-31)19-32-27-17-29(36-5-2)28(16-26(27)30)33-20(3)35/h4,6-17,24,30,32,34H,1,5,19H2,2-3H3,(H,33,35)/b9-6+. The van der Waals surface area contributed by atoms with Gasteiger partial charge in [-0.25, -0.2) is 0 Å². The van der Waals surface area contributed by atoms with Gasteiger partial charge in [0.1, 0.15) is 5.75 Å². The summed E-state index contributed by atoms with van der Waals surface area (Å²) in [6.07, 6.45) is 5.69. The summed E-state index contributed by atoms with van der Waals surface area (Å²) in [7, 11) is 0. The van der Waals surface area contributed by atoms with Gasteiger partial charge in [-0.15, -0.1) is 0 Å². The van der Waals surface area contributed by atoms with Gasteiger partial charge >= 0.3 is 0 Å². The lowest BCUT2D eigenvalue weighted by atomic mass is 9.88. The third-order valence-electron chi connectivity index (χ3n) is 6.01. The normalized spacial score (nSPS) is 16.4. The molecule has 0 aromatic heterocycles. The summed E-state index contributed by atoms with van der Waals surface area (Å²) in [5.41, 5.74) is 6.56. The lowest BCUT2D eigenvalue weighted by Gasteiger charge is -2.33. The maximum Gasteiger partial charge on any atom is 0.221 e. The summed E-state index contributed by atoms with van der Waals surface area (Å²) in [5.74, 6) is 0.107. The van der Waals surface area contributed by atoms with Gasteiger partial charge in [-0.05, 0) is 47.9 Å². The highest BCUT2D eigenvalue weighted by molar-refractivity contribution is 5.91. The van der Waals surface area contributed by atoms with Crippen LogP contribution >= 0.6 is 0 Å². The monoisotopic (exact) mass is 478 g/mol. The molecule has 1 aliphatic heterocycles. The number of ether oxygens (including phenoxy) is 1. The number of rotatable bonds is 8. The molecule has 3 aromatic carbocycles. The van der Waals surface area contributed by atoms with Gasteiger partial charge in [-0.1, -0.05) is 55.1 Å². The average molecular weight is 479 g/mol. The molecule has 6 nitrogen and oxygen atoms in total.